The zero-order valence-electron chi connectivity index (χ0n) is 37.7. The van der Waals surface area contributed by atoms with Gasteiger partial charge < -0.3 is 50.5 Å². The van der Waals surface area contributed by atoms with Crippen LogP contribution in [-0.2, 0) is 14.3 Å². The van der Waals surface area contributed by atoms with Gasteiger partial charge in [0.05, 0.1) is 25.4 Å². The molecule has 11 nitrogen and oxygen atoms in total. The molecule has 0 bridgehead atoms. The second-order valence-corrected chi connectivity index (χ2v) is 17.5. The van der Waals surface area contributed by atoms with Gasteiger partial charge in [0.1, 0.15) is 36.6 Å². The molecule has 350 valence electrons. The van der Waals surface area contributed by atoms with E-state index in [1.54, 1.807) is 0 Å². The van der Waals surface area contributed by atoms with E-state index in [2.05, 4.69) is 31.3 Å². The predicted octanol–water partition coefficient (Wildman–Crippen LogP) is 8.45. The third kappa shape index (κ3) is 28.2. The van der Waals surface area contributed by atoms with E-state index in [4.69, 9.17) is 9.47 Å². The maximum atomic E-state index is 13.1. The molecule has 0 saturated carbocycles. The molecule has 1 aliphatic rings. The molecule has 0 spiro atoms. The zero-order valence-corrected chi connectivity index (χ0v) is 37.7. The smallest absolute Gasteiger partial charge is 0.249 e. The maximum Gasteiger partial charge on any atom is 0.249 e. The Hall–Kier alpha value is -1.15. The molecule has 1 rings (SSSR count). The van der Waals surface area contributed by atoms with Crippen LogP contribution in [0.5, 0.6) is 0 Å². The molecule has 59 heavy (non-hydrogen) atoms. The molecule has 0 aromatic carbocycles. The second kappa shape index (κ2) is 38.5. The van der Waals surface area contributed by atoms with Crippen molar-refractivity contribution in [2.24, 2.45) is 0 Å². The summed E-state index contributed by atoms with van der Waals surface area (Å²) >= 11 is 0. The summed E-state index contributed by atoms with van der Waals surface area (Å²) in [7, 11) is 0. The van der Waals surface area contributed by atoms with Crippen LogP contribution in [0.15, 0.2) is 12.2 Å². The highest BCUT2D eigenvalue weighted by Gasteiger charge is 2.44. The summed E-state index contributed by atoms with van der Waals surface area (Å²) in [4.78, 5) is 13.1. The molecule has 8 N–H and O–H groups in total. The number of ether oxygens (including phenoxy) is 2. The number of unbranched alkanes of at least 4 members (excludes halogenated alkanes) is 27. The van der Waals surface area contributed by atoms with Gasteiger partial charge in [0.25, 0.3) is 0 Å². The lowest BCUT2D eigenvalue weighted by atomic mass is 9.98. The van der Waals surface area contributed by atoms with E-state index in [9.17, 15) is 40.5 Å². The monoisotopic (exact) mass is 844 g/mol. The van der Waals surface area contributed by atoms with Crippen LogP contribution >= 0.6 is 0 Å². The number of aliphatic hydroxyl groups excluding tert-OH is 7. The van der Waals surface area contributed by atoms with Crippen molar-refractivity contribution in [3.63, 3.8) is 0 Å². The van der Waals surface area contributed by atoms with E-state index in [1.165, 1.54) is 122 Å². The third-order valence-corrected chi connectivity index (χ3v) is 12.1. The van der Waals surface area contributed by atoms with Gasteiger partial charge in [-0.1, -0.05) is 193 Å². The summed E-state index contributed by atoms with van der Waals surface area (Å²) < 4.78 is 11.1. The summed E-state index contributed by atoms with van der Waals surface area (Å²) in [6, 6.07) is -1.17. The topological polar surface area (TPSA) is 189 Å². The maximum absolute atomic E-state index is 13.1. The molecule has 0 aromatic rings. The van der Waals surface area contributed by atoms with Crippen molar-refractivity contribution in [2.75, 3.05) is 13.2 Å². The minimum absolute atomic E-state index is 0.252. The lowest BCUT2D eigenvalue weighted by Gasteiger charge is -2.40. The second-order valence-electron chi connectivity index (χ2n) is 17.5. The van der Waals surface area contributed by atoms with Gasteiger partial charge in [-0.05, 0) is 38.5 Å². The van der Waals surface area contributed by atoms with E-state index in [-0.39, 0.29) is 6.42 Å². The summed E-state index contributed by atoms with van der Waals surface area (Å²) in [5.74, 6) is -0.702. The van der Waals surface area contributed by atoms with Crippen molar-refractivity contribution in [1.29, 1.82) is 0 Å². The lowest BCUT2D eigenvalue weighted by molar-refractivity contribution is -0.303. The lowest BCUT2D eigenvalue weighted by Crippen LogP contribution is -2.60. The van der Waals surface area contributed by atoms with Crippen molar-refractivity contribution >= 4 is 5.91 Å². The van der Waals surface area contributed by atoms with E-state index in [1.807, 2.05) is 0 Å². The van der Waals surface area contributed by atoms with Crippen LogP contribution in [-0.4, -0.2) is 110 Å². The standard InChI is InChI=1S/C48H93NO10/c1-3-5-7-9-11-13-15-17-18-19-20-21-22-24-26-28-30-32-34-36-41(52)47(57)49-39(38-58-48-46(56)45(55)44(54)42(37-50)59-48)43(53)40(51)35-33-31-29-27-25-23-16-14-12-10-8-6-4-2/h21-22,39-46,48,50-56H,3-20,23-38H2,1-2H3,(H,49,57)/b22-21-/t39?,40?,41?,42-,43?,44-,45+,46-,48-/m1/s1. The highest BCUT2D eigenvalue weighted by atomic mass is 16.7. The Bertz CT molecular complexity index is 970. The molecule has 0 radical (unpaired) electrons. The molecule has 1 amide bonds. The van der Waals surface area contributed by atoms with Crippen LogP contribution in [0.1, 0.15) is 219 Å². The minimum Gasteiger partial charge on any atom is -0.394 e. The zero-order chi connectivity index (χ0) is 43.4. The van der Waals surface area contributed by atoms with Crippen molar-refractivity contribution < 1.29 is 50.0 Å². The van der Waals surface area contributed by atoms with Crippen LogP contribution in [0.2, 0.25) is 0 Å². The van der Waals surface area contributed by atoms with E-state index < -0.39 is 74.2 Å². The average Bonchev–Trinajstić information content (AvgIpc) is 3.23. The first-order valence-electron chi connectivity index (χ1n) is 24.6. The fraction of sp³-hybridized carbons (Fsp3) is 0.938. The van der Waals surface area contributed by atoms with Gasteiger partial charge in [-0.25, -0.2) is 0 Å². The number of aliphatic hydroxyl groups is 7. The molecular formula is C48H93NO10. The first-order valence-corrected chi connectivity index (χ1v) is 24.6. The molecule has 0 aliphatic carbocycles. The first kappa shape index (κ1) is 55.9. The van der Waals surface area contributed by atoms with Crippen molar-refractivity contribution in [3.8, 4) is 0 Å². The molecule has 1 fully saturated rings. The highest BCUT2D eigenvalue weighted by Crippen LogP contribution is 2.23. The van der Waals surface area contributed by atoms with Crippen molar-refractivity contribution in [3.05, 3.63) is 12.2 Å². The van der Waals surface area contributed by atoms with Crippen LogP contribution in [0, 0.1) is 0 Å². The fourth-order valence-electron chi connectivity index (χ4n) is 7.96. The Labute approximate surface area is 360 Å². The number of carbonyl (C=O) groups excluding carboxylic acids is 1. The molecular weight excluding hydrogens is 751 g/mol. The van der Waals surface area contributed by atoms with Gasteiger partial charge >= 0.3 is 0 Å². The van der Waals surface area contributed by atoms with Gasteiger partial charge in [0.2, 0.25) is 5.91 Å². The van der Waals surface area contributed by atoms with Crippen LogP contribution < -0.4 is 5.32 Å². The SMILES string of the molecule is CCCCCCCCCCCC/C=C\CCCCCCCC(O)C(=O)NC(CO[C@@H]1O[C@H](CO)[C@@H](O)[C@H](O)[C@H]1O)C(O)C(O)CCCCCCCCCCCCCCC. The fourth-order valence-corrected chi connectivity index (χ4v) is 7.96. The van der Waals surface area contributed by atoms with Gasteiger partial charge in [-0.15, -0.1) is 0 Å². The number of rotatable bonds is 41. The Morgan fingerprint density at radius 2 is 0.983 bits per heavy atom. The van der Waals surface area contributed by atoms with E-state index in [0.717, 1.165) is 57.8 Å². The summed E-state index contributed by atoms with van der Waals surface area (Å²) in [5, 5.41) is 75.7. The molecule has 1 aliphatic heterocycles. The average molecular weight is 844 g/mol. The molecule has 4 unspecified atom stereocenters. The highest BCUT2D eigenvalue weighted by molar-refractivity contribution is 5.80. The van der Waals surface area contributed by atoms with E-state index in [0.29, 0.717) is 19.3 Å². The number of allylic oxidation sites excluding steroid dienone is 2. The molecule has 11 heteroatoms. The molecule has 1 heterocycles. The minimum atomic E-state index is -1.66. The number of nitrogens with one attached hydrogen (secondary N) is 1. The summed E-state index contributed by atoms with van der Waals surface area (Å²) in [6.07, 6.45) is 29.7. The Morgan fingerprint density at radius 3 is 1.42 bits per heavy atom. The van der Waals surface area contributed by atoms with Gasteiger partial charge in [0.15, 0.2) is 6.29 Å². The number of amides is 1. The van der Waals surface area contributed by atoms with Crippen LogP contribution in [0.25, 0.3) is 0 Å². The quantitative estimate of drug-likeness (QED) is 0.0219. The first-order chi connectivity index (χ1) is 28.7. The summed E-state index contributed by atoms with van der Waals surface area (Å²) in [6.45, 7) is 3.44. The van der Waals surface area contributed by atoms with Crippen molar-refractivity contribution in [2.45, 2.75) is 274 Å². The van der Waals surface area contributed by atoms with Gasteiger partial charge in [0, 0.05) is 0 Å². The van der Waals surface area contributed by atoms with E-state index >= 15 is 0 Å². The number of hydrogen-bond donors (Lipinski definition) is 8. The number of carbonyl (C=O) groups is 1. The largest absolute Gasteiger partial charge is 0.394 e. The van der Waals surface area contributed by atoms with Crippen molar-refractivity contribution in [1.82, 2.24) is 5.32 Å². The van der Waals surface area contributed by atoms with Crippen LogP contribution in [0.3, 0.4) is 0 Å². The molecule has 9 atom stereocenters. The Balaban J connectivity index is 2.41. The Morgan fingerprint density at radius 1 is 0.576 bits per heavy atom. The predicted molar refractivity (Wildman–Crippen MR) is 238 cm³/mol. The number of hydrogen-bond acceptors (Lipinski definition) is 10. The Kier molecular flexibility index (Phi) is 36.5. The van der Waals surface area contributed by atoms with Gasteiger partial charge in [-0.2, -0.15) is 0 Å². The molecule has 0 aromatic heterocycles. The third-order valence-electron chi connectivity index (χ3n) is 12.1. The van der Waals surface area contributed by atoms with Gasteiger partial charge in [-0.3, -0.25) is 4.79 Å². The normalized spacial score (nSPS) is 21.8. The summed E-state index contributed by atoms with van der Waals surface area (Å²) in [5.41, 5.74) is 0. The molecule has 1 saturated heterocycles. The van der Waals surface area contributed by atoms with Crippen LogP contribution in [0.4, 0.5) is 0 Å².